The first-order chi connectivity index (χ1) is 9.72. The first-order valence-corrected chi connectivity index (χ1v) is 7.55. The van der Waals surface area contributed by atoms with E-state index in [1.807, 2.05) is 0 Å². The number of halogens is 2. The van der Waals surface area contributed by atoms with Gasteiger partial charge in [-0.1, -0.05) is 6.42 Å². The van der Waals surface area contributed by atoms with Crippen LogP contribution in [0, 0.1) is 11.7 Å². The van der Waals surface area contributed by atoms with E-state index >= 15 is 0 Å². The van der Waals surface area contributed by atoms with Crippen molar-refractivity contribution < 1.29 is 9.13 Å². The standard InChI is InChI=1S/C15H18ClFN2O/c1-20-14-8-13-12(7-11(14)17)18-15(5-6-16)19(13)9-10-3-2-4-10/h7-8,10H,2-6,9H2,1H3. The molecule has 0 spiro atoms. The Hall–Kier alpha value is -1.29. The lowest BCUT2D eigenvalue weighted by atomic mass is 9.85. The lowest BCUT2D eigenvalue weighted by molar-refractivity contribution is 0.277. The normalized spacial score (nSPS) is 15.6. The molecule has 0 saturated heterocycles. The van der Waals surface area contributed by atoms with Gasteiger partial charge in [-0.25, -0.2) is 9.37 Å². The molecule has 1 aliphatic rings. The van der Waals surface area contributed by atoms with Gasteiger partial charge in [0.15, 0.2) is 11.6 Å². The van der Waals surface area contributed by atoms with Crippen LogP contribution in [0.5, 0.6) is 5.75 Å². The molecule has 3 nitrogen and oxygen atoms in total. The quantitative estimate of drug-likeness (QED) is 0.786. The van der Waals surface area contributed by atoms with E-state index in [0.29, 0.717) is 23.7 Å². The van der Waals surface area contributed by atoms with Gasteiger partial charge in [0.05, 0.1) is 18.1 Å². The van der Waals surface area contributed by atoms with Gasteiger partial charge in [0.1, 0.15) is 5.82 Å². The molecular weight excluding hydrogens is 279 g/mol. The molecule has 1 aromatic heterocycles. The largest absolute Gasteiger partial charge is 0.494 e. The van der Waals surface area contributed by atoms with E-state index in [-0.39, 0.29) is 11.6 Å². The molecule has 0 aliphatic heterocycles. The smallest absolute Gasteiger partial charge is 0.167 e. The zero-order chi connectivity index (χ0) is 14.1. The van der Waals surface area contributed by atoms with Crippen LogP contribution in [0.2, 0.25) is 0 Å². The highest BCUT2D eigenvalue weighted by atomic mass is 35.5. The Balaban J connectivity index is 2.07. The summed E-state index contributed by atoms with van der Waals surface area (Å²) in [5.74, 6) is 2.07. The number of hydrogen-bond donors (Lipinski definition) is 0. The van der Waals surface area contributed by atoms with Crippen LogP contribution in [-0.2, 0) is 13.0 Å². The number of nitrogens with zero attached hydrogens (tertiary/aromatic N) is 2. The molecule has 1 saturated carbocycles. The van der Waals surface area contributed by atoms with Crippen molar-refractivity contribution in [1.29, 1.82) is 0 Å². The third-order valence-electron chi connectivity index (χ3n) is 4.08. The van der Waals surface area contributed by atoms with E-state index in [4.69, 9.17) is 16.3 Å². The maximum absolute atomic E-state index is 13.8. The Morgan fingerprint density at radius 1 is 1.45 bits per heavy atom. The van der Waals surface area contributed by atoms with Gasteiger partial charge >= 0.3 is 0 Å². The van der Waals surface area contributed by atoms with Crippen LogP contribution in [0.3, 0.4) is 0 Å². The fourth-order valence-electron chi connectivity index (χ4n) is 2.75. The first kappa shape index (κ1) is 13.7. The van der Waals surface area contributed by atoms with E-state index < -0.39 is 0 Å². The summed E-state index contributed by atoms with van der Waals surface area (Å²) >= 11 is 5.86. The number of hydrogen-bond acceptors (Lipinski definition) is 2. The summed E-state index contributed by atoms with van der Waals surface area (Å²) in [6, 6.07) is 3.19. The Morgan fingerprint density at radius 3 is 2.85 bits per heavy atom. The molecule has 0 unspecified atom stereocenters. The Morgan fingerprint density at radius 2 is 2.25 bits per heavy atom. The number of ether oxygens (including phenoxy) is 1. The van der Waals surface area contributed by atoms with Crippen LogP contribution in [-0.4, -0.2) is 22.5 Å². The van der Waals surface area contributed by atoms with Crippen LogP contribution in [0.15, 0.2) is 12.1 Å². The summed E-state index contributed by atoms with van der Waals surface area (Å²) in [7, 11) is 1.48. The van der Waals surface area contributed by atoms with E-state index in [0.717, 1.165) is 17.9 Å². The van der Waals surface area contributed by atoms with Gasteiger partial charge in [0.2, 0.25) is 0 Å². The molecule has 2 aromatic rings. The zero-order valence-corrected chi connectivity index (χ0v) is 12.3. The minimum atomic E-state index is -0.370. The second-order valence-corrected chi connectivity index (χ2v) is 5.73. The average Bonchev–Trinajstić information content (AvgIpc) is 2.70. The second kappa shape index (κ2) is 5.60. The Labute approximate surface area is 122 Å². The molecule has 20 heavy (non-hydrogen) atoms. The van der Waals surface area contributed by atoms with Gasteiger partial charge in [-0.2, -0.15) is 0 Å². The Bertz CT molecular complexity index is 622. The number of fused-ring (bicyclic) bond motifs is 1. The molecule has 0 atom stereocenters. The summed E-state index contributed by atoms with van der Waals surface area (Å²) in [4.78, 5) is 4.53. The van der Waals surface area contributed by atoms with Crippen molar-refractivity contribution in [3.05, 3.63) is 23.8 Å². The van der Waals surface area contributed by atoms with Crippen molar-refractivity contribution in [3.8, 4) is 5.75 Å². The maximum Gasteiger partial charge on any atom is 0.167 e. The predicted molar refractivity (Wildman–Crippen MR) is 78.0 cm³/mol. The SMILES string of the molecule is COc1cc2c(cc1F)nc(CCCl)n2CC1CCC1. The van der Waals surface area contributed by atoms with Crippen LogP contribution >= 0.6 is 11.6 Å². The van der Waals surface area contributed by atoms with Crippen LogP contribution in [0.4, 0.5) is 4.39 Å². The van der Waals surface area contributed by atoms with Gasteiger partial charge in [0, 0.05) is 31.0 Å². The van der Waals surface area contributed by atoms with Crippen molar-refractivity contribution in [2.24, 2.45) is 5.92 Å². The minimum Gasteiger partial charge on any atom is -0.494 e. The average molecular weight is 297 g/mol. The Kier molecular flexibility index (Phi) is 3.83. The summed E-state index contributed by atoms with van der Waals surface area (Å²) < 4.78 is 21.1. The monoisotopic (exact) mass is 296 g/mol. The van der Waals surface area contributed by atoms with Crippen molar-refractivity contribution in [1.82, 2.24) is 9.55 Å². The van der Waals surface area contributed by atoms with Crippen molar-refractivity contribution in [3.63, 3.8) is 0 Å². The van der Waals surface area contributed by atoms with Gasteiger partial charge in [-0.15, -0.1) is 11.6 Å². The number of aromatic nitrogens is 2. The molecule has 108 valence electrons. The molecule has 3 rings (SSSR count). The topological polar surface area (TPSA) is 27.1 Å². The third-order valence-corrected chi connectivity index (χ3v) is 4.27. The summed E-state index contributed by atoms with van der Waals surface area (Å²) in [6.45, 7) is 0.942. The summed E-state index contributed by atoms with van der Waals surface area (Å²) in [5, 5.41) is 0. The van der Waals surface area contributed by atoms with E-state index in [1.54, 1.807) is 6.07 Å². The van der Waals surface area contributed by atoms with Gasteiger partial charge in [-0.05, 0) is 18.8 Å². The first-order valence-electron chi connectivity index (χ1n) is 7.01. The highest BCUT2D eigenvalue weighted by Crippen LogP contribution is 2.31. The van der Waals surface area contributed by atoms with Gasteiger partial charge < -0.3 is 9.30 Å². The molecule has 0 N–H and O–H groups in total. The van der Waals surface area contributed by atoms with Gasteiger partial charge in [0.25, 0.3) is 0 Å². The number of rotatable bonds is 5. The predicted octanol–water partition coefficient (Wildman–Crippen LogP) is 3.77. The van der Waals surface area contributed by atoms with E-state index in [9.17, 15) is 4.39 Å². The number of methoxy groups -OCH3 is 1. The number of aryl methyl sites for hydroxylation is 1. The zero-order valence-electron chi connectivity index (χ0n) is 11.5. The maximum atomic E-state index is 13.8. The van der Waals surface area contributed by atoms with Crippen LogP contribution < -0.4 is 4.74 Å². The van der Waals surface area contributed by atoms with E-state index in [2.05, 4.69) is 9.55 Å². The highest BCUT2D eigenvalue weighted by Gasteiger charge is 2.21. The number of alkyl halides is 1. The fraction of sp³-hybridized carbons (Fsp3) is 0.533. The molecule has 1 fully saturated rings. The molecule has 5 heteroatoms. The number of imidazole rings is 1. The molecular formula is C15H18ClFN2O. The molecule has 0 radical (unpaired) electrons. The molecule has 1 aliphatic carbocycles. The molecule has 1 aromatic carbocycles. The van der Waals surface area contributed by atoms with Crippen molar-refractivity contribution >= 4 is 22.6 Å². The van der Waals surface area contributed by atoms with Crippen LogP contribution in [0.25, 0.3) is 11.0 Å². The molecule has 0 bridgehead atoms. The highest BCUT2D eigenvalue weighted by molar-refractivity contribution is 6.17. The number of benzene rings is 1. The minimum absolute atomic E-state index is 0.268. The van der Waals surface area contributed by atoms with Crippen molar-refractivity contribution in [2.45, 2.75) is 32.2 Å². The lowest BCUT2D eigenvalue weighted by Gasteiger charge is -2.26. The van der Waals surface area contributed by atoms with Gasteiger partial charge in [-0.3, -0.25) is 0 Å². The lowest BCUT2D eigenvalue weighted by Crippen LogP contribution is -2.19. The van der Waals surface area contributed by atoms with Crippen LogP contribution in [0.1, 0.15) is 25.1 Å². The summed E-state index contributed by atoms with van der Waals surface area (Å²) in [6.07, 6.45) is 4.53. The molecule has 0 amide bonds. The van der Waals surface area contributed by atoms with Crippen molar-refractivity contribution in [2.75, 3.05) is 13.0 Å². The molecule has 1 heterocycles. The van der Waals surface area contributed by atoms with E-state index in [1.165, 1.54) is 32.4 Å². The fourth-order valence-corrected chi connectivity index (χ4v) is 2.91. The third kappa shape index (κ3) is 2.37. The summed E-state index contributed by atoms with van der Waals surface area (Å²) in [5.41, 5.74) is 1.62. The second-order valence-electron chi connectivity index (χ2n) is 5.35.